The molecule has 1 unspecified atom stereocenters. The lowest BCUT2D eigenvalue weighted by atomic mass is 9.92. The molecule has 1 fully saturated rings. The van der Waals surface area contributed by atoms with Crippen LogP contribution in [0.25, 0.3) is 0 Å². The zero-order valence-corrected chi connectivity index (χ0v) is 15.1. The molecule has 0 aromatic heterocycles. The molecule has 1 heterocycles. The average molecular weight is 369 g/mol. The van der Waals surface area contributed by atoms with Gasteiger partial charge in [0.1, 0.15) is 17.9 Å². The van der Waals surface area contributed by atoms with Gasteiger partial charge in [-0.15, -0.1) is 0 Å². The van der Waals surface area contributed by atoms with Crippen molar-refractivity contribution in [3.63, 3.8) is 0 Å². The molecule has 2 N–H and O–H groups in total. The number of urea groups is 1. The minimum Gasteiger partial charge on any atom is -0.324 e. The van der Waals surface area contributed by atoms with Crippen LogP contribution in [0.3, 0.4) is 0 Å². The summed E-state index contributed by atoms with van der Waals surface area (Å²) in [5.41, 5.74) is 0.714. The van der Waals surface area contributed by atoms with Crippen molar-refractivity contribution >= 4 is 23.5 Å². The van der Waals surface area contributed by atoms with Crippen molar-refractivity contribution in [1.29, 1.82) is 0 Å². The van der Waals surface area contributed by atoms with Crippen molar-refractivity contribution in [2.45, 2.75) is 25.8 Å². The third-order valence-corrected chi connectivity index (χ3v) is 4.67. The molecule has 1 atom stereocenters. The van der Waals surface area contributed by atoms with Crippen LogP contribution in [0.5, 0.6) is 0 Å². The smallest absolute Gasteiger partial charge is 0.324 e. The highest BCUT2D eigenvalue weighted by Crippen LogP contribution is 2.29. The van der Waals surface area contributed by atoms with E-state index in [2.05, 4.69) is 10.6 Å². The van der Waals surface area contributed by atoms with Gasteiger partial charge < -0.3 is 10.6 Å². The maximum Gasteiger partial charge on any atom is 0.325 e. The molecular formula is C20H20FN3O3. The predicted octanol–water partition coefficient (Wildman–Crippen LogP) is 2.79. The fourth-order valence-corrected chi connectivity index (χ4v) is 3.10. The highest BCUT2D eigenvalue weighted by Gasteiger charge is 2.49. The fourth-order valence-electron chi connectivity index (χ4n) is 3.10. The molecule has 2 aromatic carbocycles. The number of amides is 4. The van der Waals surface area contributed by atoms with Crippen LogP contribution >= 0.6 is 0 Å². The zero-order chi connectivity index (χ0) is 19.6. The van der Waals surface area contributed by atoms with Crippen LogP contribution < -0.4 is 10.6 Å². The minimum atomic E-state index is -1.34. The molecule has 1 saturated heterocycles. The number of hydrogen-bond donors (Lipinski definition) is 2. The van der Waals surface area contributed by atoms with Gasteiger partial charge >= 0.3 is 6.03 Å². The summed E-state index contributed by atoms with van der Waals surface area (Å²) in [6, 6.07) is 12.0. The van der Waals surface area contributed by atoms with Crippen molar-refractivity contribution < 1.29 is 18.8 Å². The standard InChI is InChI=1S/C20H20FN3O3/c1-3-13-6-4-5-7-16(13)22-17(25)12-24-18(26)20(2,23-19(24)27)14-8-10-15(21)11-9-14/h4-11H,3,12H2,1-2H3,(H,22,25)(H,23,27). The van der Waals surface area contributed by atoms with Crippen molar-refractivity contribution in [2.75, 3.05) is 11.9 Å². The Kier molecular flexibility index (Phi) is 4.94. The number of nitrogens with zero attached hydrogens (tertiary/aromatic N) is 1. The van der Waals surface area contributed by atoms with E-state index in [0.29, 0.717) is 11.3 Å². The number of halogens is 1. The number of benzene rings is 2. The molecule has 0 radical (unpaired) electrons. The third-order valence-electron chi connectivity index (χ3n) is 4.67. The summed E-state index contributed by atoms with van der Waals surface area (Å²) in [7, 11) is 0. The molecule has 3 rings (SSSR count). The Morgan fingerprint density at radius 1 is 1.15 bits per heavy atom. The summed E-state index contributed by atoms with van der Waals surface area (Å²) in [6.45, 7) is 3.10. The predicted molar refractivity (Wildman–Crippen MR) is 98.4 cm³/mol. The van der Waals surface area contributed by atoms with E-state index in [9.17, 15) is 18.8 Å². The van der Waals surface area contributed by atoms with Gasteiger partial charge in [-0.25, -0.2) is 9.18 Å². The molecular weight excluding hydrogens is 349 g/mol. The highest BCUT2D eigenvalue weighted by molar-refractivity contribution is 6.10. The Bertz CT molecular complexity index is 898. The van der Waals surface area contributed by atoms with E-state index in [1.807, 2.05) is 19.1 Å². The molecule has 1 aliphatic rings. The summed E-state index contributed by atoms with van der Waals surface area (Å²) < 4.78 is 13.2. The van der Waals surface area contributed by atoms with Gasteiger partial charge in [-0.05, 0) is 42.7 Å². The molecule has 140 valence electrons. The third kappa shape index (κ3) is 3.53. The number of aryl methyl sites for hydroxylation is 1. The molecule has 4 amide bonds. The number of nitrogens with one attached hydrogen (secondary N) is 2. The summed E-state index contributed by atoms with van der Waals surface area (Å²) >= 11 is 0. The van der Waals surface area contributed by atoms with Crippen LogP contribution in [0.15, 0.2) is 48.5 Å². The summed E-state index contributed by atoms with van der Waals surface area (Å²) in [5, 5.41) is 5.33. The van der Waals surface area contributed by atoms with E-state index < -0.39 is 35.7 Å². The summed E-state index contributed by atoms with van der Waals surface area (Å²) in [6.07, 6.45) is 0.738. The Labute approximate surface area is 156 Å². The van der Waals surface area contributed by atoms with Gasteiger partial charge in [-0.2, -0.15) is 0 Å². The lowest BCUT2D eigenvalue weighted by Crippen LogP contribution is -2.42. The minimum absolute atomic E-state index is 0.403. The summed E-state index contributed by atoms with van der Waals surface area (Å²) in [4.78, 5) is 38.3. The molecule has 2 aromatic rings. The Balaban J connectivity index is 1.75. The molecule has 0 aliphatic carbocycles. The normalized spacial score (nSPS) is 19.1. The Morgan fingerprint density at radius 3 is 2.48 bits per heavy atom. The number of para-hydroxylation sites is 1. The second-order valence-corrected chi connectivity index (χ2v) is 6.51. The number of rotatable bonds is 5. The van der Waals surface area contributed by atoms with Gasteiger partial charge in [0.15, 0.2) is 0 Å². The SMILES string of the molecule is CCc1ccccc1NC(=O)CN1C(=O)NC(C)(c2ccc(F)cc2)C1=O. The summed E-state index contributed by atoms with van der Waals surface area (Å²) in [5.74, 6) is -1.47. The van der Waals surface area contributed by atoms with Crippen LogP contribution in [0.4, 0.5) is 14.9 Å². The van der Waals surface area contributed by atoms with E-state index >= 15 is 0 Å². The number of imide groups is 1. The molecule has 27 heavy (non-hydrogen) atoms. The lowest BCUT2D eigenvalue weighted by Gasteiger charge is -2.22. The number of carbonyl (C=O) groups excluding carboxylic acids is 3. The van der Waals surface area contributed by atoms with E-state index in [0.717, 1.165) is 16.9 Å². The molecule has 0 spiro atoms. The first-order chi connectivity index (χ1) is 12.8. The lowest BCUT2D eigenvalue weighted by molar-refractivity contribution is -0.133. The first kappa shape index (κ1) is 18.6. The first-order valence-corrected chi connectivity index (χ1v) is 8.63. The Hall–Kier alpha value is -3.22. The molecule has 0 bridgehead atoms. The van der Waals surface area contributed by atoms with Crippen LogP contribution in [0.2, 0.25) is 0 Å². The van der Waals surface area contributed by atoms with Crippen molar-refractivity contribution in [2.24, 2.45) is 0 Å². The van der Waals surface area contributed by atoms with E-state index in [-0.39, 0.29) is 0 Å². The van der Waals surface area contributed by atoms with Gasteiger partial charge in [0.05, 0.1) is 0 Å². The van der Waals surface area contributed by atoms with E-state index in [1.54, 1.807) is 12.1 Å². The number of anilines is 1. The number of carbonyl (C=O) groups is 3. The molecule has 1 aliphatic heterocycles. The second kappa shape index (κ2) is 7.19. The van der Waals surface area contributed by atoms with Crippen LogP contribution in [0.1, 0.15) is 25.0 Å². The second-order valence-electron chi connectivity index (χ2n) is 6.51. The Morgan fingerprint density at radius 2 is 1.81 bits per heavy atom. The van der Waals surface area contributed by atoms with Gasteiger partial charge in [-0.3, -0.25) is 14.5 Å². The van der Waals surface area contributed by atoms with E-state index in [1.165, 1.54) is 31.2 Å². The van der Waals surface area contributed by atoms with Gasteiger partial charge in [-0.1, -0.05) is 37.3 Å². The van der Waals surface area contributed by atoms with Gasteiger partial charge in [0, 0.05) is 5.69 Å². The maximum atomic E-state index is 13.2. The topological polar surface area (TPSA) is 78.5 Å². The molecule has 6 nitrogen and oxygen atoms in total. The van der Waals surface area contributed by atoms with Crippen molar-refractivity contribution in [3.05, 3.63) is 65.5 Å². The molecule has 7 heteroatoms. The fraction of sp³-hybridized carbons (Fsp3) is 0.250. The van der Waals surface area contributed by atoms with Crippen molar-refractivity contribution in [1.82, 2.24) is 10.2 Å². The first-order valence-electron chi connectivity index (χ1n) is 8.63. The molecule has 0 saturated carbocycles. The highest BCUT2D eigenvalue weighted by atomic mass is 19.1. The van der Waals surface area contributed by atoms with Crippen LogP contribution in [-0.4, -0.2) is 29.3 Å². The maximum absolute atomic E-state index is 13.2. The average Bonchev–Trinajstić information content (AvgIpc) is 2.86. The number of hydrogen-bond acceptors (Lipinski definition) is 3. The van der Waals surface area contributed by atoms with Crippen LogP contribution in [0, 0.1) is 5.82 Å². The van der Waals surface area contributed by atoms with Crippen molar-refractivity contribution in [3.8, 4) is 0 Å². The van der Waals surface area contributed by atoms with E-state index in [4.69, 9.17) is 0 Å². The zero-order valence-electron chi connectivity index (χ0n) is 15.1. The largest absolute Gasteiger partial charge is 0.325 e. The van der Waals surface area contributed by atoms with Gasteiger partial charge in [0.2, 0.25) is 5.91 Å². The monoisotopic (exact) mass is 369 g/mol. The quantitative estimate of drug-likeness (QED) is 0.796. The van der Waals surface area contributed by atoms with Gasteiger partial charge in [0.25, 0.3) is 5.91 Å². The van der Waals surface area contributed by atoms with Crippen LogP contribution in [-0.2, 0) is 21.5 Å².